The van der Waals surface area contributed by atoms with Crippen molar-refractivity contribution < 1.29 is 13.3 Å². The molecule has 1 aliphatic heterocycles. The second-order valence-electron chi connectivity index (χ2n) is 3.24. The van der Waals surface area contributed by atoms with Crippen molar-refractivity contribution in [3.05, 3.63) is 16.0 Å². The lowest BCUT2D eigenvalue weighted by Gasteiger charge is -2.11. The van der Waals surface area contributed by atoms with Gasteiger partial charge in [-0.1, -0.05) is 16.1 Å². The molecular weight excluding hydrogens is 258 g/mol. The average molecular weight is 268 g/mol. The molecule has 0 aromatic carbocycles. The van der Waals surface area contributed by atoms with Crippen LogP contribution in [0.1, 0.15) is 12.0 Å². The van der Waals surface area contributed by atoms with Gasteiger partial charge >= 0.3 is 0 Å². The zero-order chi connectivity index (χ0) is 11.1. The van der Waals surface area contributed by atoms with Crippen LogP contribution in [-0.2, 0) is 14.9 Å². The van der Waals surface area contributed by atoms with Crippen molar-refractivity contribution in [2.45, 2.75) is 17.6 Å². The van der Waals surface area contributed by atoms with Crippen LogP contribution < -0.4 is 0 Å². The molecule has 15 heavy (non-hydrogen) atoms. The van der Waals surface area contributed by atoms with Crippen LogP contribution in [0.25, 0.3) is 0 Å². The summed E-state index contributed by atoms with van der Waals surface area (Å²) in [6, 6.07) is 1.57. The SMILES string of the molecule is Cc1cc(S(=O)(=O)N2CCCO2)sc1Cl. The molecule has 1 aromatic rings. The van der Waals surface area contributed by atoms with E-state index in [-0.39, 0.29) is 4.21 Å². The Morgan fingerprint density at radius 3 is 2.80 bits per heavy atom. The Balaban J connectivity index is 2.36. The summed E-state index contributed by atoms with van der Waals surface area (Å²) in [6.45, 7) is 2.65. The predicted octanol–water partition coefficient (Wildman–Crippen LogP) is 2.04. The Labute approximate surface area is 97.4 Å². The molecule has 7 heteroatoms. The van der Waals surface area contributed by atoms with Crippen molar-refractivity contribution in [1.29, 1.82) is 0 Å². The van der Waals surface area contributed by atoms with Gasteiger partial charge in [0.25, 0.3) is 10.0 Å². The third kappa shape index (κ3) is 2.05. The van der Waals surface area contributed by atoms with Crippen LogP contribution in [0.2, 0.25) is 4.34 Å². The molecule has 0 amide bonds. The zero-order valence-electron chi connectivity index (χ0n) is 8.07. The van der Waals surface area contributed by atoms with E-state index in [1.54, 1.807) is 13.0 Å². The molecule has 84 valence electrons. The van der Waals surface area contributed by atoms with Gasteiger partial charge in [0.05, 0.1) is 10.9 Å². The summed E-state index contributed by atoms with van der Waals surface area (Å²) < 4.78 is 25.7. The Morgan fingerprint density at radius 2 is 2.33 bits per heavy atom. The molecule has 4 nitrogen and oxygen atoms in total. The van der Waals surface area contributed by atoms with Gasteiger partial charge in [0.1, 0.15) is 4.21 Å². The normalized spacial score (nSPS) is 18.5. The number of hydrogen-bond acceptors (Lipinski definition) is 4. The summed E-state index contributed by atoms with van der Waals surface area (Å²) in [5.41, 5.74) is 0.777. The van der Waals surface area contributed by atoms with Crippen LogP contribution in [0.5, 0.6) is 0 Å². The minimum atomic E-state index is -3.50. The first kappa shape index (κ1) is 11.3. The third-order valence-electron chi connectivity index (χ3n) is 2.08. The van der Waals surface area contributed by atoms with Crippen molar-refractivity contribution in [2.24, 2.45) is 0 Å². The van der Waals surface area contributed by atoms with Gasteiger partial charge in [-0.05, 0) is 25.0 Å². The minimum absolute atomic E-state index is 0.243. The highest BCUT2D eigenvalue weighted by atomic mass is 35.5. The molecule has 1 aromatic heterocycles. The molecule has 0 unspecified atom stereocenters. The monoisotopic (exact) mass is 267 g/mol. The lowest BCUT2D eigenvalue weighted by molar-refractivity contribution is -0.0282. The molecular formula is C8H10ClNO3S2. The lowest BCUT2D eigenvalue weighted by Crippen LogP contribution is -2.25. The number of thiophene rings is 1. The number of nitrogens with zero attached hydrogens (tertiary/aromatic N) is 1. The molecule has 0 atom stereocenters. The highest BCUT2D eigenvalue weighted by Gasteiger charge is 2.30. The topological polar surface area (TPSA) is 46.6 Å². The van der Waals surface area contributed by atoms with Gasteiger partial charge in [-0.15, -0.1) is 11.3 Å². The molecule has 1 fully saturated rings. The van der Waals surface area contributed by atoms with E-state index in [0.717, 1.165) is 27.8 Å². The van der Waals surface area contributed by atoms with Gasteiger partial charge in [0, 0.05) is 6.54 Å². The van der Waals surface area contributed by atoms with Crippen LogP contribution in [0.15, 0.2) is 10.3 Å². The molecule has 0 N–H and O–H groups in total. The van der Waals surface area contributed by atoms with E-state index in [1.807, 2.05) is 0 Å². The summed E-state index contributed by atoms with van der Waals surface area (Å²) in [7, 11) is -3.50. The van der Waals surface area contributed by atoms with Gasteiger partial charge in [0.15, 0.2) is 0 Å². The molecule has 0 aliphatic carbocycles. The molecule has 0 bridgehead atoms. The molecule has 0 saturated carbocycles. The van der Waals surface area contributed by atoms with Crippen molar-refractivity contribution in [3.8, 4) is 0 Å². The fraction of sp³-hybridized carbons (Fsp3) is 0.500. The first-order valence-electron chi connectivity index (χ1n) is 4.43. The van der Waals surface area contributed by atoms with Crippen molar-refractivity contribution in [1.82, 2.24) is 4.47 Å². The number of rotatable bonds is 2. The Morgan fingerprint density at radius 1 is 1.60 bits per heavy atom. The molecule has 1 saturated heterocycles. The van der Waals surface area contributed by atoms with Gasteiger partial charge in [0.2, 0.25) is 0 Å². The van der Waals surface area contributed by atoms with E-state index in [0.29, 0.717) is 17.5 Å². The van der Waals surface area contributed by atoms with Gasteiger partial charge in [-0.25, -0.2) is 8.42 Å². The first-order chi connectivity index (χ1) is 7.01. The van der Waals surface area contributed by atoms with Crippen molar-refractivity contribution in [3.63, 3.8) is 0 Å². The van der Waals surface area contributed by atoms with Crippen LogP contribution >= 0.6 is 22.9 Å². The number of hydrogen-bond donors (Lipinski definition) is 0. The standard InChI is InChI=1S/C8H10ClNO3S2/c1-6-5-7(14-8(6)9)15(11,12)10-3-2-4-13-10/h5H,2-4H2,1H3. The first-order valence-corrected chi connectivity index (χ1v) is 7.07. The van der Waals surface area contributed by atoms with E-state index >= 15 is 0 Å². The quantitative estimate of drug-likeness (QED) is 0.824. The van der Waals surface area contributed by atoms with Gasteiger partial charge in [-0.2, -0.15) is 0 Å². The molecule has 0 spiro atoms. The lowest BCUT2D eigenvalue weighted by atomic mass is 10.4. The van der Waals surface area contributed by atoms with Crippen LogP contribution in [-0.4, -0.2) is 26.0 Å². The van der Waals surface area contributed by atoms with Crippen LogP contribution in [0, 0.1) is 6.92 Å². The van der Waals surface area contributed by atoms with Gasteiger partial charge in [-0.3, -0.25) is 4.84 Å². The maximum atomic E-state index is 12.0. The second-order valence-corrected chi connectivity index (χ2v) is 6.95. The Kier molecular flexibility index (Phi) is 3.05. The maximum Gasteiger partial charge on any atom is 0.274 e. The summed E-state index contributed by atoms with van der Waals surface area (Å²) in [4.78, 5) is 5.03. The summed E-state index contributed by atoms with van der Waals surface area (Å²) in [5.74, 6) is 0. The molecule has 2 heterocycles. The second kappa shape index (κ2) is 4.03. The highest BCUT2D eigenvalue weighted by molar-refractivity contribution is 7.91. The summed E-state index contributed by atoms with van der Waals surface area (Å²) in [5, 5.41) is 0. The number of sulfonamides is 1. The smallest absolute Gasteiger partial charge is 0.274 e. The fourth-order valence-corrected chi connectivity index (χ4v) is 4.38. The number of halogens is 1. The fourth-order valence-electron chi connectivity index (χ4n) is 1.27. The minimum Gasteiger partial charge on any atom is -0.284 e. The third-order valence-corrected chi connectivity index (χ3v) is 5.76. The van der Waals surface area contributed by atoms with E-state index < -0.39 is 10.0 Å². The Hall–Kier alpha value is -0.140. The zero-order valence-corrected chi connectivity index (χ0v) is 10.5. The van der Waals surface area contributed by atoms with Crippen LogP contribution in [0.3, 0.4) is 0 Å². The van der Waals surface area contributed by atoms with Crippen LogP contribution in [0.4, 0.5) is 0 Å². The highest BCUT2D eigenvalue weighted by Crippen LogP contribution is 2.32. The van der Waals surface area contributed by atoms with E-state index in [2.05, 4.69) is 0 Å². The Bertz CT molecular complexity index is 443. The molecule has 2 rings (SSSR count). The van der Waals surface area contributed by atoms with E-state index in [4.69, 9.17) is 16.4 Å². The number of aryl methyl sites for hydroxylation is 1. The largest absolute Gasteiger partial charge is 0.284 e. The summed E-state index contributed by atoms with van der Waals surface area (Å²) in [6.07, 6.45) is 0.733. The van der Waals surface area contributed by atoms with E-state index in [9.17, 15) is 8.42 Å². The average Bonchev–Trinajstić information content (AvgIpc) is 2.77. The van der Waals surface area contributed by atoms with Crippen molar-refractivity contribution >= 4 is 33.0 Å². The maximum absolute atomic E-state index is 12.0. The predicted molar refractivity (Wildman–Crippen MR) is 58.5 cm³/mol. The van der Waals surface area contributed by atoms with Crippen molar-refractivity contribution in [2.75, 3.05) is 13.2 Å². The summed E-state index contributed by atoms with van der Waals surface area (Å²) >= 11 is 6.90. The molecule has 1 aliphatic rings. The number of hydroxylamine groups is 1. The molecule has 0 radical (unpaired) electrons. The van der Waals surface area contributed by atoms with Gasteiger partial charge < -0.3 is 0 Å². The van der Waals surface area contributed by atoms with E-state index in [1.165, 1.54) is 0 Å².